The zero-order chi connectivity index (χ0) is 13.5. The van der Waals surface area contributed by atoms with Crippen molar-refractivity contribution in [1.29, 1.82) is 0 Å². The third-order valence-electron chi connectivity index (χ3n) is 3.35. The number of nitrogens with two attached hydrogens (primary N) is 1. The molecule has 1 aliphatic rings. The van der Waals surface area contributed by atoms with Gasteiger partial charge < -0.3 is 21.1 Å². The molecule has 0 aliphatic carbocycles. The third-order valence-corrected chi connectivity index (χ3v) is 3.35. The molecule has 6 nitrogen and oxygen atoms in total. The van der Waals surface area contributed by atoms with E-state index < -0.39 is 12.0 Å². The average molecular weight is 257 g/mol. The zero-order valence-electron chi connectivity index (χ0n) is 10.9. The van der Waals surface area contributed by atoms with E-state index in [1.165, 1.54) is 0 Å². The van der Waals surface area contributed by atoms with E-state index in [0.717, 1.165) is 19.3 Å². The molecule has 0 spiro atoms. The van der Waals surface area contributed by atoms with Gasteiger partial charge in [-0.25, -0.2) is 9.59 Å². The highest BCUT2D eigenvalue weighted by Crippen LogP contribution is 2.15. The van der Waals surface area contributed by atoms with Crippen LogP contribution < -0.4 is 11.1 Å². The maximum atomic E-state index is 11.9. The summed E-state index contributed by atoms with van der Waals surface area (Å²) in [4.78, 5) is 24.6. The number of unbranched alkanes of at least 4 members (excludes halogenated alkanes) is 1. The van der Waals surface area contributed by atoms with E-state index in [1.807, 2.05) is 6.92 Å². The van der Waals surface area contributed by atoms with Gasteiger partial charge in [0.15, 0.2) is 0 Å². The normalized spacial score (nSPS) is 20.8. The predicted molar refractivity (Wildman–Crippen MR) is 68.2 cm³/mol. The fourth-order valence-electron chi connectivity index (χ4n) is 2.12. The van der Waals surface area contributed by atoms with Crippen molar-refractivity contribution in [3.63, 3.8) is 0 Å². The number of carboxylic acids is 1. The number of carbonyl (C=O) groups is 2. The Hall–Kier alpha value is -1.30. The van der Waals surface area contributed by atoms with E-state index in [4.69, 9.17) is 10.8 Å². The standard InChI is InChI=1S/C12H23N3O3/c1-2-3-4-10(11(16)17)14-12(18)15-6-5-9(7-13)8-15/h9-10H,2-8,13H2,1H3,(H,14,18)(H,16,17)/t9?,10-/m0/s1. The summed E-state index contributed by atoms with van der Waals surface area (Å²) in [5.74, 6) is -0.624. The molecule has 0 bridgehead atoms. The van der Waals surface area contributed by atoms with Crippen molar-refractivity contribution in [3.05, 3.63) is 0 Å². The summed E-state index contributed by atoms with van der Waals surface area (Å²) < 4.78 is 0. The summed E-state index contributed by atoms with van der Waals surface area (Å²) in [5, 5.41) is 11.6. The molecule has 6 heteroatoms. The van der Waals surface area contributed by atoms with Gasteiger partial charge in [-0.2, -0.15) is 0 Å². The molecule has 18 heavy (non-hydrogen) atoms. The first-order chi connectivity index (χ1) is 8.58. The van der Waals surface area contributed by atoms with Gasteiger partial charge in [-0.05, 0) is 25.3 Å². The van der Waals surface area contributed by atoms with E-state index in [1.54, 1.807) is 4.90 Å². The monoisotopic (exact) mass is 257 g/mol. The van der Waals surface area contributed by atoms with Crippen LogP contribution in [0.4, 0.5) is 4.79 Å². The summed E-state index contributed by atoms with van der Waals surface area (Å²) in [6, 6.07) is -1.07. The minimum absolute atomic E-state index is 0.283. The van der Waals surface area contributed by atoms with Gasteiger partial charge in [-0.3, -0.25) is 0 Å². The van der Waals surface area contributed by atoms with Crippen molar-refractivity contribution >= 4 is 12.0 Å². The van der Waals surface area contributed by atoms with E-state index in [-0.39, 0.29) is 6.03 Å². The molecule has 1 saturated heterocycles. The minimum Gasteiger partial charge on any atom is -0.480 e. The van der Waals surface area contributed by atoms with Crippen LogP contribution >= 0.6 is 0 Å². The van der Waals surface area contributed by atoms with Crippen molar-refractivity contribution in [2.75, 3.05) is 19.6 Å². The molecule has 0 aromatic rings. The molecule has 2 amide bonds. The number of rotatable bonds is 6. The first-order valence-electron chi connectivity index (χ1n) is 6.56. The Morgan fingerprint density at radius 2 is 2.28 bits per heavy atom. The van der Waals surface area contributed by atoms with Crippen LogP contribution in [0, 0.1) is 5.92 Å². The van der Waals surface area contributed by atoms with Gasteiger partial charge in [0.05, 0.1) is 0 Å². The van der Waals surface area contributed by atoms with Crippen LogP contribution in [0.5, 0.6) is 0 Å². The maximum Gasteiger partial charge on any atom is 0.326 e. The number of hydrogen-bond acceptors (Lipinski definition) is 3. The van der Waals surface area contributed by atoms with Gasteiger partial charge in [0.25, 0.3) is 0 Å². The molecule has 2 atom stereocenters. The number of urea groups is 1. The number of carbonyl (C=O) groups excluding carboxylic acids is 1. The second kappa shape index (κ2) is 7.20. The first kappa shape index (κ1) is 14.8. The Kier molecular flexibility index (Phi) is 5.91. The summed E-state index contributed by atoms with van der Waals surface area (Å²) in [7, 11) is 0. The molecule has 4 N–H and O–H groups in total. The van der Waals surface area contributed by atoms with Gasteiger partial charge in [-0.15, -0.1) is 0 Å². The van der Waals surface area contributed by atoms with Crippen molar-refractivity contribution in [2.45, 2.75) is 38.6 Å². The van der Waals surface area contributed by atoms with Crippen molar-refractivity contribution < 1.29 is 14.7 Å². The van der Waals surface area contributed by atoms with E-state index in [2.05, 4.69) is 5.32 Å². The summed E-state index contributed by atoms with van der Waals surface area (Å²) in [6.45, 7) is 3.85. The average Bonchev–Trinajstić information content (AvgIpc) is 2.82. The Labute approximate surface area is 108 Å². The third kappa shape index (κ3) is 4.18. The lowest BCUT2D eigenvalue weighted by Gasteiger charge is -2.21. The lowest BCUT2D eigenvalue weighted by molar-refractivity contribution is -0.139. The molecule has 1 heterocycles. The molecule has 0 aromatic carbocycles. The van der Waals surface area contributed by atoms with Crippen LogP contribution in [0.15, 0.2) is 0 Å². The number of nitrogens with zero attached hydrogens (tertiary/aromatic N) is 1. The van der Waals surface area contributed by atoms with Crippen molar-refractivity contribution in [1.82, 2.24) is 10.2 Å². The first-order valence-corrected chi connectivity index (χ1v) is 6.56. The number of aliphatic carboxylic acids is 1. The van der Waals surface area contributed by atoms with Gasteiger partial charge in [-0.1, -0.05) is 19.8 Å². The largest absolute Gasteiger partial charge is 0.480 e. The predicted octanol–water partition coefficient (Wildman–Crippen LogP) is 0.620. The molecule has 104 valence electrons. The topological polar surface area (TPSA) is 95.7 Å². The highest BCUT2D eigenvalue weighted by molar-refractivity contribution is 5.82. The fraction of sp³-hybridized carbons (Fsp3) is 0.833. The second-order valence-corrected chi connectivity index (χ2v) is 4.82. The van der Waals surface area contributed by atoms with Crippen LogP contribution in [0.25, 0.3) is 0 Å². The summed E-state index contributed by atoms with van der Waals surface area (Å²) in [6.07, 6.45) is 3.09. The molecule has 0 aromatic heterocycles. The summed E-state index contributed by atoms with van der Waals surface area (Å²) >= 11 is 0. The van der Waals surface area contributed by atoms with E-state index in [9.17, 15) is 9.59 Å². The molecule has 0 saturated carbocycles. The minimum atomic E-state index is -0.966. The quantitative estimate of drug-likeness (QED) is 0.650. The van der Waals surface area contributed by atoms with E-state index in [0.29, 0.717) is 32.0 Å². The number of likely N-dealkylation sites (tertiary alicyclic amines) is 1. The van der Waals surface area contributed by atoms with Crippen molar-refractivity contribution in [3.8, 4) is 0 Å². The van der Waals surface area contributed by atoms with Crippen LogP contribution in [-0.4, -0.2) is 47.7 Å². The Morgan fingerprint density at radius 1 is 1.56 bits per heavy atom. The number of amides is 2. The molecule has 1 aliphatic heterocycles. The lowest BCUT2D eigenvalue weighted by atomic mass is 10.1. The Balaban J connectivity index is 2.43. The number of hydrogen-bond donors (Lipinski definition) is 3. The van der Waals surface area contributed by atoms with Crippen molar-refractivity contribution in [2.24, 2.45) is 11.7 Å². The van der Waals surface area contributed by atoms with E-state index >= 15 is 0 Å². The molecule has 1 unspecified atom stereocenters. The highest BCUT2D eigenvalue weighted by Gasteiger charge is 2.28. The molecule has 1 rings (SSSR count). The molecular weight excluding hydrogens is 234 g/mol. The lowest BCUT2D eigenvalue weighted by Crippen LogP contribution is -2.47. The Bertz CT molecular complexity index is 296. The Morgan fingerprint density at radius 3 is 2.78 bits per heavy atom. The molecule has 1 fully saturated rings. The second-order valence-electron chi connectivity index (χ2n) is 4.82. The van der Waals surface area contributed by atoms with Gasteiger partial charge >= 0.3 is 12.0 Å². The summed E-state index contributed by atoms with van der Waals surface area (Å²) in [5.41, 5.74) is 5.56. The van der Waals surface area contributed by atoms with Crippen LogP contribution in [0.3, 0.4) is 0 Å². The van der Waals surface area contributed by atoms with Gasteiger partial charge in [0.1, 0.15) is 6.04 Å². The molecule has 0 radical (unpaired) electrons. The molecular formula is C12H23N3O3. The number of nitrogens with one attached hydrogen (secondary N) is 1. The number of carboxylic acid groups (broad SMARTS) is 1. The highest BCUT2D eigenvalue weighted by atomic mass is 16.4. The maximum absolute atomic E-state index is 11.9. The fourth-order valence-corrected chi connectivity index (χ4v) is 2.12. The smallest absolute Gasteiger partial charge is 0.326 e. The SMILES string of the molecule is CCCC[C@H](NC(=O)N1CCC(CN)C1)C(=O)O. The zero-order valence-corrected chi connectivity index (χ0v) is 10.9. The van der Waals surface area contributed by atoms with Crippen LogP contribution in [0.2, 0.25) is 0 Å². The van der Waals surface area contributed by atoms with Crippen LogP contribution in [0.1, 0.15) is 32.6 Å². The van der Waals surface area contributed by atoms with Crippen LogP contribution in [-0.2, 0) is 4.79 Å². The van der Waals surface area contributed by atoms with Gasteiger partial charge in [0.2, 0.25) is 0 Å². The van der Waals surface area contributed by atoms with Gasteiger partial charge in [0, 0.05) is 13.1 Å².